The van der Waals surface area contributed by atoms with E-state index in [2.05, 4.69) is 26.8 Å². The second-order valence-electron chi connectivity index (χ2n) is 8.32. The minimum atomic E-state index is -2.58. The van der Waals surface area contributed by atoms with Crippen molar-refractivity contribution < 1.29 is 18.1 Å². The lowest BCUT2D eigenvalue weighted by atomic mass is 9.67. The highest BCUT2D eigenvalue weighted by Gasteiger charge is 2.40. The maximum Gasteiger partial charge on any atom is 0.500 e. The molecule has 0 fully saturated rings. The first kappa shape index (κ1) is 25.9. The predicted octanol–water partition coefficient (Wildman–Crippen LogP) is 5.89. The molecule has 0 saturated heterocycles. The van der Waals surface area contributed by atoms with Crippen molar-refractivity contribution in [2.75, 3.05) is 25.6 Å². The van der Waals surface area contributed by atoms with Crippen molar-refractivity contribution in [3.8, 4) is 0 Å². The van der Waals surface area contributed by atoms with Crippen LogP contribution in [0.2, 0.25) is 6.04 Å². The number of hydrogen-bond donors (Lipinski definition) is 0. The van der Waals surface area contributed by atoms with Gasteiger partial charge in [-0.15, -0.1) is 0 Å². The third kappa shape index (κ3) is 7.94. The van der Waals surface area contributed by atoms with Gasteiger partial charge in [0.05, 0.1) is 5.25 Å². The van der Waals surface area contributed by atoms with E-state index in [0.29, 0.717) is 31.5 Å². The first-order valence-electron chi connectivity index (χ1n) is 10.9. The number of hydrogen-bond acceptors (Lipinski definition) is 5. The summed E-state index contributed by atoms with van der Waals surface area (Å²) in [7, 11) is -2.58. The van der Waals surface area contributed by atoms with Crippen LogP contribution in [0, 0.1) is 11.3 Å². The Hall–Kier alpha value is -0.143. The van der Waals surface area contributed by atoms with Crippen LogP contribution in [0.3, 0.4) is 0 Å². The van der Waals surface area contributed by atoms with Crippen LogP contribution >= 0.6 is 11.8 Å². The molecule has 0 aromatic rings. The van der Waals surface area contributed by atoms with Crippen LogP contribution in [0.4, 0.5) is 0 Å². The zero-order valence-electron chi connectivity index (χ0n) is 19.1. The molecule has 1 rings (SSSR count). The van der Waals surface area contributed by atoms with E-state index >= 15 is 0 Å². The number of rotatable bonds is 14. The largest absolute Gasteiger partial charge is 0.500 e. The summed E-state index contributed by atoms with van der Waals surface area (Å²) in [5.74, 6) is 1.72. The molecular formula is C22H42O4SSi. The summed E-state index contributed by atoms with van der Waals surface area (Å²) in [6.07, 6.45) is 6.62. The van der Waals surface area contributed by atoms with Gasteiger partial charge in [0.2, 0.25) is 0 Å². The van der Waals surface area contributed by atoms with Gasteiger partial charge in [-0.2, -0.15) is 11.8 Å². The van der Waals surface area contributed by atoms with Gasteiger partial charge in [-0.05, 0) is 77.4 Å². The molecule has 0 radical (unpaired) electrons. The van der Waals surface area contributed by atoms with Gasteiger partial charge in [-0.3, -0.25) is 4.79 Å². The first-order valence-corrected chi connectivity index (χ1v) is 13.9. The summed E-state index contributed by atoms with van der Waals surface area (Å²) in [5.41, 5.74) is 1.73. The minimum Gasteiger partial charge on any atom is -0.374 e. The van der Waals surface area contributed by atoms with E-state index < -0.39 is 8.80 Å². The van der Waals surface area contributed by atoms with Crippen LogP contribution < -0.4 is 0 Å². The van der Waals surface area contributed by atoms with Gasteiger partial charge in [0.1, 0.15) is 5.78 Å². The lowest BCUT2D eigenvalue weighted by Crippen LogP contribution is -2.46. The van der Waals surface area contributed by atoms with Crippen LogP contribution in [0.5, 0.6) is 0 Å². The van der Waals surface area contributed by atoms with Crippen LogP contribution in [-0.2, 0) is 18.1 Å². The fraction of sp³-hybridized carbons (Fsp3) is 0.864. The molecule has 2 atom stereocenters. The molecule has 1 aliphatic rings. The quantitative estimate of drug-likeness (QED) is 0.195. The highest BCUT2D eigenvalue weighted by Crippen LogP contribution is 2.44. The third-order valence-electron chi connectivity index (χ3n) is 5.69. The van der Waals surface area contributed by atoms with Crippen molar-refractivity contribution in [2.45, 2.75) is 85.4 Å². The van der Waals surface area contributed by atoms with E-state index in [1.54, 1.807) is 18.7 Å². The minimum absolute atomic E-state index is 0.0630. The molecule has 4 nitrogen and oxygen atoms in total. The smallest absolute Gasteiger partial charge is 0.374 e. The number of allylic oxidation sites excluding steroid dienone is 2. The zero-order valence-corrected chi connectivity index (χ0v) is 21.0. The number of carbonyl (C=O) groups excluding carboxylic acids is 1. The van der Waals surface area contributed by atoms with E-state index in [1.165, 1.54) is 12.0 Å². The second-order valence-corrected chi connectivity index (χ2v) is 12.4. The maximum atomic E-state index is 12.3. The lowest BCUT2D eigenvalue weighted by Gasteiger charge is -2.40. The van der Waals surface area contributed by atoms with Crippen LogP contribution in [-0.4, -0.2) is 45.4 Å². The molecule has 6 heteroatoms. The van der Waals surface area contributed by atoms with Gasteiger partial charge >= 0.3 is 8.80 Å². The van der Waals surface area contributed by atoms with Gasteiger partial charge < -0.3 is 13.3 Å². The van der Waals surface area contributed by atoms with Crippen molar-refractivity contribution in [3.05, 3.63) is 11.6 Å². The molecule has 2 unspecified atom stereocenters. The Balaban J connectivity index is 2.64. The average molecular weight is 431 g/mol. The number of ketones is 1. The van der Waals surface area contributed by atoms with E-state index in [4.69, 9.17) is 13.3 Å². The Morgan fingerprint density at radius 1 is 1.21 bits per heavy atom. The fourth-order valence-corrected chi connectivity index (χ4v) is 8.22. The normalized spacial score (nSPS) is 20.7. The van der Waals surface area contributed by atoms with Gasteiger partial charge in [-0.1, -0.05) is 25.5 Å². The summed E-state index contributed by atoms with van der Waals surface area (Å²) in [6, 6.07) is 0.813. The van der Waals surface area contributed by atoms with E-state index in [1.807, 2.05) is 20.8 Å². The molecule has 0 amide bonds. The molecule has 0 bridgehead atoms. The molecule has 0 aliphatic heterocycles. The Kier molecular flexibility index (Phi) is 11.6. The lowest BCUT2D eigenvalue weighted by molar-refractivity contribution is -0.116. The molecule has 1 aliphatic carbocycles. The maximum absolute atomic E-state index is 12.3. The van der Waals surface area contributed by atoms with Crippen LogP contribution in [0.25, 0.3) is 0 Å². The van der Waals surface area contributed by atoms with Gasteiger partial charge in [-0.25, -0.2) is 0 Å². The van der Waals surface area contributed by atoms with Crippen molar-refractivity contribution in [3.63, 3.8) is 0 Å². The summed E-state index contributed by atoms with van der Waals surface area (Å²) in [6.45, 7) is 16.5. The SMILES string of the molecule is CCO[Si](CCCSC(CC1C(C)=CCCC1(C)C)C(C)=O)(OCC)OCC. The molecule has 0 saturated carbocycles. The van der Waals surface area contributed by atoms with Gasteiger partial charge in [0.25, 0.3) is 0 Å². The van der Waals surface area contributed by atoms with Crippen LogP contribution in [0.1, 0.15) is 74.1 Å². The number of thioether (sulfide) groups is 1. The Morgan fingerprint density at radius 3 is 2.25 bits per heavy atom. The molecule has 0 spiro atoms. The van der Waals surface area contributed by atoms with Crippen molar-refractivity contribution in [1.29, 1.82) is 0 Å². The van der Waals surface area contributed by atoms with Crippen molar-refractivity contribution >= 4 is 26.3 Å². The Morgan fingerprint density at radius 2 is 1.79 bits per heavy atom. The average Bonchev–Trinajstić information content (AvgIpc) is 2.60. The zero-order chi connectivity index (χ0) is 21.2. The predicted molar refractivity (Wildman–Crippen MR) is 122 cm³/mol. The Bertz CT molecular complexity index is 490. The fourth-order valence-electron chi connectivity index (χ4n) is 4.19. The summed E-state index contributed by atoms with van der Waals surface area (Å²) < 4.78 is 17.8. The molecule has 28 heavy (non-hydrogen) atoms. The van der Waals surface area contributed by atoms with Crippen molar-refractivity contribution in [2.24, 2.45) is 11.3 Å². The monoisotopic (exact) mass is 430 g/mol. The number of Topliss-reactive ketones (excluding diaryl/α,β-unsaturated/α-hetero) is 1. The van der Waals surface area contributed by atoms with Gasteiger partial charge in [0.15, 0.2) is 0 Å². The van der Waals surface area contributed by atoms with Crippen molar-refractivity contribution in [1.82, 2.24) is 0 Å². The van der Waals surface area contributed by atoms with E-state index in [-0.39, 0.29) is 10.7 Å². The molecular weight excluding hydrogens is 388 g/mol. The highest BCUT2D eigenvalue weighted by atomic mass is 32.2. The number of carbonyl (C=O) groups is 1. The van der Waals surface area contributed by atoms with E-state index in [0.717, 1.165) is 31.1 Å². The topological polar surface area (TPSA) is 44.8 Å². The first-order chi connectivity index (χ1) is 13.2. The summed E-state index contributed by atoms with van der Waals surface area (Å²) >= 11 is 1.80. The standard InChI is InChI=1S/C22H42O4SSi/c1-8-24-28(25-9-2,26-10-3)16-12-15-27-21(19(5)23)17-20-18(4)13-11-14-22(20,6)7/h13,20-21H,8-12,14-17H2,1-7H3. The van der Waals surface area contributed by atoms with Crippen LogP contribution in [0.15, 0.2) is 11.6 Å². The molecule has 0 N–H and O–H groups in total. The van der Waals surface area contributed by atoms with E-state index in [9.17, 15) is 4.79 Å². The summed E-state index contributed by atoms with van der Waals surface area (Å²) in [4.78, 5) is 12.3. The van der Waals surface area contributed by atoms with Gasteiger partial charge in [0, 0.05) is 25.9 Å². The molecule has 164 valence electrons. The highest BCUT2D eigenvalue weighted by molar-refractivity contribution is 8.00. The third-order valence-corrected chi connectivity index (χ3v) is 10.3. The summed E-state index contributed by atoms with van der Waals surface area (Å²) in [5, 5.41) is 0.0630. The molecule has 0 aromatic heterocycles. The second kappa shape index (κ2) is 12.5. The molecule has 0 heterocycles. The molecule has 0 aromatic carbocycles. The Labute approximate surface area is 178 Å².